The summed E-state index contributed by atoms with van der Waals surface area (Å²) in [6, 6.07) is 11.6. The number of hydrogen-bond acceptors (Lipinski definition) is 6. The van der Waals surface area contributed by atoms with E-state index in [9.17, 15) is 9.90 Å². The van der Waals surface area contributed by atoms with E-state index in [0.717, 1.165) is 0 Å². The largest absolute Gasteiger partial charge is 0.507 e. The molecule has 0 aliphatic carbocycles. The first-order valence-electron chi connectivity index (χ1n) is 8.63. The lowest BCUT2D eigenvalue weighted by molar-refractivity contribution is -0.0694. The lowest BCUT2D eigenvalue weighted by atomic mass is 10.0. The molecule has 0 unspecified atom stereocenters. The Morgan fingerprint density at radius 2 is 1.96 bits per heavy atom. The van der Waals surface area contributed by atoms with E-state index in [-0.39, 0.29) is 11.5 Å². The summed E-state index contributed by atoms with van der Waals surface area (Å²) >= 11 is 0. The zero-order valence-electron chi connectivity index (χ0n) is 16.0. The van der Waals surface area contributed by atoms with Crippen LogP contribution in [0.2, 0.25) is 0 Å². The van der Waals surface area contributed by atoms with E-state index < -0.39 is 17.7 Å². The first-order chi connectivity index (χ1) is 13.2. The zero-order chi connectivity index (χ0) is 20.7. The van der Waals surface area contributed by atoms with Gasteiger partial charge in [-0.1, -0.05) is 6.58 Å². The third-order valence-corrected chi connectivity index (χ3v) is 4.16. The van der Waals surface area contributed by atoms with E-state index in [2.05, 4.69) is 11.6 Å². The van der Waals surface area contributed by atoms with Gasteiger partial charge in [-0.3, -0.25) is 4.98 Å². The minimum atomic E-state index is -0.898. The van der Waals surface area contributed by atoms with Crippen molar-refractivity contribution < 1.29 is 19.4 Å². The van der Waals surface area contributed by atoms with Gasteiger partial charge in [0.25, 0.3) is 0 Å². The normalized spacial score (nSPS) is 12.6. The highest BCUT2D eigenvalue weighted by molar-refractivity contribution is 5.89. The number of nitriles is 1. The Hall–Kier alpha value is -3.59. The molecule has 1 atom stereocenters. The van der Waals surface area contributed by atoms with Crippen molar-refractivity contribution in [2.45, 2.75) is 32.5 Å². The first kappa shape index (κ1) is 20.7. The monoisotopic (exact) mass is 378 g/mol. The van der Waals surface area contributed by atoms with Gasteiger partial charge >= 0.3 is 5.97 Å². The van der Waals surface area contributed by atoms with Crippen LogP contribution in [0.3, 0.4) is 0 Å². The molecule has 0 aliphatic heterocycles. The fourth-order valence-corrected chi connectivity index (χ4v) is 2.25. The number of aliphatic hydroxyl groups excluding tert-OH is 1. The lowest BCUT2D eigenvalue weighted by Crippen LogP contribution is -2.39. The summed E-state index contributed by atoms with van der Waals surface area (Å²) in [4.78, 5) is 16.2. The van der Waals surface area contributed by atoms with E-state index in [1.54, 1.807) is 51.2 Å². The fraction of sp³-hybridized carbons (Fsp3) is 0.227. The van der Waals surface area contributed by atoms with Gasteiger partial charge in [0.05, 0.1) is 17.2 Å². The van der Waals surface area contributed by atoms with Gasteiger partial charge in [-0.25, -0.2) is 4.79 Å². The Labute approximate surface area is 164 Å². The molecule has 0 amide bonds. The summed E-state index contributed by atoms with van der Waals surface area (Å²) in [6.07, 6.45) is 3.90. The van der Waals surface area contributed by atoms with Crippen molar-refractivity contribution in [3.05, 3.63) is 83.9 Å². The van der Waals surface area contributed by atoms with E-state index in [1.165, 1.54) is 24.4 Å². The van der Waals surface area contributed by atoms with Crippen molar-refractivity contribution in [1.82, 2.24) is 4.98 Å². The van der Waals surface area contributed by atoms with Crippen LogP contribution in [-0.2, 0) is 9.47 Å². The number of aromatic nitrogens is 1. The third-order valence-electron chi connectivity index (χ3n) is 4.16. The summed E-state index contributed by atoms with van der Waals surface area (Å²) in [6.45, 7) is 9.01. The molecule has 0 saturated heterocycles. The molecule has 1 aromatic carbocycles. The number of esters is 1. The Balaban J connectivity index is 2.01. The number of pyridine rings is 1. The molecule has 0 aliphatic rings. The molecule has 2 rings (SSSR count). The van der Waals surface area contributed by atoms with Crippen molar-refractivity contribution in [2.24, 2.45) is 0 Å². The highest BCUT2D eigenvalue weighted by Crippen LogP contribution is 2.24. The average Bonchev–Trinajstić information content (AvgIpc) is 2.68. The standard InChI is InChI=1S/C22H22N2O4/c1-15(12-20(25)19-6-5-11-24-14-19)28-22(3,4)16(2)27-21(26)18-9-7-17(13-23)8-10-18/h5-12,14,16,25H,1H2,2-4H3/b20-12-/t16-/m0/s1. The second-order valence-corrected chi connectivity index (χ2v) is 6.68. The number of allylic oxidation sites excluding steroid dienone is 1. The van der Waals surface area contributed by atoms with Crippen LogP contribution in [0.25, 0.3) is 5.76 Å². The summed E-state index contributed by atoms with van der Waals surface area (Å²) in [5.41, 5.74) is 0.440. The molecule has 0 radical (unpaired) electrons. The van der Waals surface area contributed by atoms with Crippen LogP contribution in [-0.4, -0.2) is 27.8 Å². The maximum Gasteiger partial charge on any atom is 0.338 e. The molecule has 28 heavy (non-hydrogen) atoms. The minimum Gasteiger partial charge on any atom is -0.507 e. The number of carbonyl (C=O) groups is 1. The molecule has 6 heteroatoms. The minimum absolute atomic E-state index is 0.0314. The van der Waals surface area contributed by atoms with Crippen molar-refractivity contribution in [3.63, 3.8) is 0 Å². The van der Waals surface area contributed by atoms with Gasteiger partial charge in [0.2, 0.25) is 0 Å². The third kappa shape index (κ3) is 5.45. The van der Waals surface area contributed by atoms with Gasteiger partial charge in [0.1, 0.15) is 23.2 Å². The maximum absolute atomic E-state index is 12.3. The van der Waals surface area contributed by atoms with Crippen LogP contribution < -0.4 is 0 Å². The quantitative estimate of drug-likeness (QED) is 0.436. The maximum atomic E-state index is 12.3. The SMILES string of the molecule is C=C(/C=C(\O)c1cccnc1)OC(C)(C)[C@H](C)OC(=O)c1ccc(C#N)cc1. The van der Waals surface area contributed by atoms with Crippen LogP contribution in [0.15, 0.2) is 67.2 Å². The Bertz CT molecular complexity index is 910. The number of rotatable bonds is 7. The second-order valence-electron chi connectivity index (χ2n) is 6.68. The Kier molecular flexibility index (Phi) is 6.56. The molecule has 1 heterocycles. The second kappa shape index (κ2) is 8.87. The summed E-state index contributed by atoms with van der Waals surface area (Å²) < 4.78 is 11.3. The number of nitrogens with zero attached hydrogens (tertiary/aromatic N) is 2. The highest BCUT2D eigenvalue weighted by atomic mass is 16.6. The van der Waals surface area contributed by atoms with Crippen LogP contribution in [0, 0.1) is 11.3 Å². The lowest BCUT2D eigenvalue weighted by Gasteiger charge is -2.32. The molecule has 144 valence electrons. The summed E-state index contributed by atoms with van der Waals surface area (Å²) in [5.74, 6) is -0.336. The predicted octanol–water partition coefficient (Wildman–Crippen LogP) is 4.41. The number of benzene rings is 1. The van der Waals surface area contributed by atoms with Crippen molar-refractivity contribution in [3.8, 4) is 6.07 Å². The van der Waals surface area contributed by atoms with E-state index >= 15 is 0 Å². The van der Waals surface area contributed by atoms with Crippen LogP contribution >= 0.6 is 0 Å². The van der Waals surface area contributed by atoms with E-state index in [1.807, 2.05) is 6.07 Å². The molecule has 0 saturated carbocycles. The number of hydrogen-bond donors (Lipinski definition) is 1. The molecular formula is C22H22N2O4. The first-order valence-corrected chi connectivity index (χ1v) is 8.63. The van der Waals surface area contributed by atoms with Gasteiger partial charge in [0.15, 0.2) is 0 Å². The summed E-state index contributed by atoms with van der Waals surface area (Å²) in [7, 11) is 0. The van der Waals surface area contributed by atoms with Crippen LogP contribution in [0.5, 0.6) is 0 Å². The molecule has 0 bridgehead atoms. The molecule has 1 N–H and O–H groups in total. The van der Waals surface area contributed by atoms with Gasteiger partial charge < -0.3 is 14.6 Å². The number of aliphatic hydroxyl groups is 1. The van der Waals surface area contributed by atoms with E-state index in [4.69, 9.17) is 14.7 Å². The zero-order valence-corrected chi connectivity index (χ0v) is 16.0. The number of ether oxygens (including phenoxy) is 2. The molecular weight excluding hydrogens is 356 g/mol. The highest BCUT2D eigenvalue weighted by Gasteiger charge is 2.31. The van der Waals surface area contributed by atoms with Crippen LogP contribution in [0.1, 0.15) is 42.3 Å². The van der Waals surface area contributed by atoms with E-state index in [0.29, 0.717) is 16.7 Å². The Morgan fingerprint density at radius 3 is 2.54 bits per heavy atom. The Morgan fingerprint density at radius 1 is 1.29 bits per heavy atom. The van der Waals surface area contributed by atoms with Crippen molar-refractivity contribution >= 4 is 11.7 Å². The summed E-state index contributed by atoms with van der Waals surface area (Å²) in [5, 5.41) is 19.0. The van der Waals surface area contributed by atoms with Gasteiger partial charge in [-0.2, -0.15) is 5.26 Å². The smallest absolute Gasteiger partial charge is 0.338 e. The van der Waals surface area contributed by atoms with Gasteiger partial charge in [-0.15, -0.1) is 0 Å². The van der Waals surface area contributed by atoms with Crippen molar-refractivity contribution in [1.29, 1.82) is 5.26 Å². The molecule has 0 fully saturated rings. The predicted molar refractivity (Wildman–Crippen MR) is 105 cm³/mol. The number of carbonyl (C=O) groups excluding carboxylic acids is 1. The topological polar surface area (TPSA) is 92.4 Å². The molecule has 1 aromatic heterocycles. The average molecular weight is 378 g/mol. The van der Waals surface area contributed by atoms with Gasteiger partial charge in [0, 0.05) is 24.0 Å². The van der Waals surface area contributed by atoms with Gasteiger partial charge in [-0.05, 0) is 57.2 Å². The fourth-order valence-electron chi connectivity index (χ4n) is 2.25. The molecule has 2 aromatic rings. The van der Waals surface area contributed by atoms with Crippen LogP contribution in [0.4, 0.5) is 0 Å². The van der Waals surface area contributed by atoms with Crippen molar-refractivity contribution in [2.75, 3.05) is 0 Å². The molecule has 6 nitrogen and oxygen atoms in total. The molecule has 0 spiro atoms.